The third kappa shape index (κ3) is 2.69. The molecule has 3 heteroatoms. The molecule has 17 heavy (non-hydrogen) atoms. The molecule has 1 saturated carbocycles. The van der Waals surface area contributed by atoms with E-state index in [0.717, 1.165) is 25.7 Å². The lowest BCUT2D eigenvalue weighted by Gasteiger charge is -2.20. The molecular weight excluding hydrogens is 214 g/mol. The van der Waals surface area contributed by atoms with Crippen LogP contribution in [0.5, 0.6) is 0 Å². The van der Waals surface area contributed by atoms with Crippen LogP contribution in [-0.2, 0) is 4.79 Å². The van der Waals surface area contributed by atoms with E-state index >= 15 is 0 Å². The molecule has 3 nitrogen and oxygen atoms in total. The molecule has 2 rings (SSSR count). The molecule has 1 fully saturated rings. The highest BCUT2D eigenvalue weighted by Crippen LogP contribution is 2.30. The number of hydrogen-bond acceptors (Lipinski definition) is 3. The first-order chi connectivity index (χ1) is 8.33. The summed E-state index contributed by atoms with van der Waals surface area (Å²) in [5.41, 5.74) is 1.00. The molecule has 0 heterocycles. The van der Waals surface area contributed by atoms with Gasteiger partial charge in [0.25, 0.3) is 0 Å². The molecule has 0 N–H and O–H groups in total. The summed E-state index contributed by atoms with van der Waals surface area (Å²) in [6, 6.07) is 7.00. The van der Waals surface area contributed by atoms with Crippen molar-refractivity contribution >= 4 is 17.6 Å². The molecule has 1 aliphatic carbocycles. The molecule has 0 spiro atoms. The van der Waals surface area contributed by atoms with Gasteiger partial charge in [-0.3, -0.25) is 4.79 Å². The molecule has 0 aromatic heterocycles. The van der Waals surface area contributed by atoms with Crippen molar-refractivity contribution in [3.05, 3.63) is 29.8 Å². The van der Waals surface area contributed by atoms with Crippen LogP contribution in [0.3, 0.4) is 0 Å². The van der Waals surface area contributed by atoms with Gasteiger partial charge in [-0.25, -0.2) is 4.79 Å². The van der Waals surface area contributed by atoms with E-state index in [4.69, 9.17) is 0 Å². The van der Waals surface area contributed by atoms with Crippen molar-refractivity contribution < 1.29 is 9.59 Å². The quantitative estimate of drug-likeness (QED) is 0.453. The summed E-state index contributed by atoms with van der Waals surface area (Å²) in [6.07, 6.45) is 6.88. The monoisotopic (exact) mass is 229 g/mol. The van der Waals surface area contributed by atoms with Crippen LogP contribution in [0.4, 0.5) is 5.69 Å². The fourth-order valence-electron chi connectivity index (χ4n) is 2.41. The van der Waals surface area contributed by atoms with Crippen LogP contribution in [0.1, 0.15) is 42.5 Å². The minimum Gasteiger partial charge on any atom is -0.294 e. The molecule has 0 bridgehead atoms. The number of Topliss-reactive ketones (excluding diaryl/α,β-unsaturated/α-hetero) is 1. The summed E-state index contributed by atoms with van der Waals surface area (Å²) in [5.74, 6) is 0.228. The average Bonchev–Trinajstić information content (AvgIpc) is 2.40. The van der Waals surface area contributed by atoms with Crippen molar-refractivity contribution in [3.8, 4) is 0 Å². The third-order valence-corrected chi connectivity index (χ3v) is 3.31. The van der Waals surface area contributed by atoms with Crippen molar-refractivity contribution in [1.82, 2.24) is 0 Å². The zero-order valence-corrected chi connectivity index (χ0v) is 9.69. The van der Waals surface area contributed by atoms with Crippen molar-refractivity contribution in [3.63, 3.8) is 0 Å². The van der Waals surface area contributed by atoms with Gasteiger partial charge in [-0.1, -0.05) is 31.4 Å². The van der Waals surface area contributed by atoms with Gasteiger partial charge in [0.2, 0.25) is 6.08 Å². The van der Waals surface area contributed by atoms with E-state index in [1.807, 2.05) is 0 Å². The maximum atomic E-state index is 12.3. The van der Waals surface area contributed by atoms with Gasteiger partial charge < -0.3 is 0 Å². The second-order valence-corrected chi connectivity index (χ2v) is 4.42. The molecular formula is C14H15NO2. The predicted molar refractivity (Wildman–Crippen MR) is 65.1 cm³/mol. The van der Waals surface area contributed by atoms with Crippen LogP contribution in [0, 0.1) is 5.92 Å². The zero-order chi connectivity index (χ0) is 12.1. The van der Waals surface area contributed by atoms with Gasteiger partial charge in [0, 0.05) is 11.5 Å². The van der Waals surface area contributed by atoms with Crippen LogP contribution >= 0.6 is 0 Å². The molecule has 0 radical (unpaired) electrons. The Balaban J connectivity index is 2.26. The van der Waals surface area contributed by atoms with Gasteiger partial charge in [-0.15, -0.1) is 0 Å². The molecule has 0 saturated heterocycles. The maximum Gasteiger partial charge on any atom is 0.240 e. The molecule has 0 unspecified atom stereocenters. The Labute approximate surface area is 101 Å². The van der Waals surface area contributed by atoms with Crippen molar-refractivity contribution in [2.45, 2.75) is 32.1 Å². The van der Waals surface area contributed by atoms with Crippen LogP contribution in [-0.4, -0.2) is 11.9 Å². The Morgan fingerprint density at radius 1 is 1.18 bits per heavy atom. The molecule has 1 aliphatic rings. The van der Waals surface area contributed by atoms with Gasteiger partial charge >= 0.3 is 0 Å². The number of carbonyl (C=O) groups is 1. The summed E-state index contributed by atoms with van der Waals surface area (Å²) in [4.78, 5) is 26.2. The van der Waals surface area contributed by atoms with Crippen LogP contribution in [0.15, 0.2) is 29.3 Å². The number of nitrogens with zero attached hydrogens (tertiary/aromatic N) is 1. The van der Waals surface area contributed by atoms with Crippen molar-refractivity contribution in [1.29, 1.82) is 0 Å². The smallest absolute Gasteiger partial charge is 0.240 e. The summed E-state index contributed by atoms with van der Waals surface area (Å²) < 4.78 is 0. The summed E-state index contributed by atoms with van der Waals surface area (Å²) in [7, 11) is 0. The van der Waals surface area contributed by atoms with Gasteiger partial charge in [0.15, 0.2) is 5.78 Å². The molecule has 0 atom stereocenters. The van der Waals surface area contributed by atoms with Crippen LogP contribution in [0.2, 0.25) is 0 Å². The first-order valence-electron chi connectivity index (χ1n) is 6.04. The Hall–Kier alpha value is -1.73. The summed E-state index contributed by atoms with van der Waals surface area (Å²) in [5, 5.41) is 0. The highest BCUT2D eigenvalue weighted by molar-refractivity contribution is 6.02. The topological polar surface area (TPSA) is 46.5 Å². The van der Waals surface area contributed by atoms with Gasteiger partial charge in [0.05, 0.1) is 5.69 Å². The first-order valence-corrected chi connectivity index (χ1v) is 6.04. The van der Waals surface area contributed by atoms with E-state index in [2.05, 4.69) is 4.99 Å². The minimum absolute atomic E-state index is 0.103. The second kappa shape index (κ2) is 5.55. The fourth-order valence-corrected chi connectivity index (χ4v) is 2.41. The normalized spacial score (nSPS) is 16.2. The Kier molecular flexibility index (Phi) is 3.84. The number of isocyanates is 1. The SMILES string of the molecule is O=C=Nc1ccccc1C(=O)C1CCCCC1. The van der Waals surface area contributed by atoms with Crippen LogP contribution < -0.4 is 0 Å². The molecule has 0 aliphatic heterocycles. The largest absolute Gasteiger partial charge is 0.294 e. The number of benzene rings is 1. The summed E-state index contributed by atoms with van der Waals surface area (Å²) >= 11 is 0. The van der Waals surface area contributed by atoms with Gasteiger partial charge in [-0.2, -0.15) is 4.99 Å². The zero-order valence-electron chi connectivity index (χ0n) is 9.69. The lowest BCUT2D eigenvalue weighted by atomic mass is 9.83. The van der Waals surface area contributed by atoms with Crippen LogP contribution in [0.25, 0.3) is 0 Å². The molecule has 88 valence electrons. The Morgan fingerprint density at radius 3 is 2.59 bits per heavy atom. The highest BCUT2D eigenvalue weighted by Gasteiger charge is 2.23. The predicted octanol–water partition coefficient (Wildman–Crippen LogP) is 3.42. The van der Waals surface area contributed by atoms with Crippen molar-refractivity contribution in [2.75, 3.05) is 0 Å². The number of ketones is 1. The minimum atomic E-state index is 0.103. The third-order valence-electron chi connectivity index (χ3n) is 3.31. The first kappa shape index (κ1) is 11.7. The van der Waals surface area contributed by atoms with E-state index < -0.39 is 0 Å². The lowest BCUT2D eigenvalue weighted by Crippen LogP contribution is -2.17. The van der Waals surface area contributed by atoms with Gasteiger partial charge in [-0.05, 0) is 25.0 Å². The number of para-hydroxylation sites is 1. The van der Waals surface area contributed by atoms with Crippen molar-refractivity contribution in [2.24, 2.45) is 10.9 Å². The fraction of sp³-hybridized carbons (Fsp3) is 0.429. The highest BCUT2D eigenvalue weighted by atomic mass is 16.1. The van der Waals surface area contributed by atoms with E-state index in [-0.39, 0.29) is 11.7 Å². The van der Waals surface area contributed by atoms with E-state index in [9.17, 15) is 9.59 Å². The second-order valence-electron chi connectivity index (χ2n) is 4.42. The molecule has 0 amide bonds. The summed E-state index contributed by atoms with van der Waals surface area (Å²) in [6.45, 7) is 0. The number of hydrogen-bond donors (Lipinski definition) is 0. The molecule has 1 aromatic rings. The van der Waals surface area contributed by atoms with E-state index in [1.54, 1.807) is 24.3 Å². The van der Waals surface area contributed by atoms with E-state index in [1.165, 1.54) is 12.5 Å². The average molecular weight is 229 g/mol. The van der Waals surface area contributed by atoms with E-state index in [0.29, 0.717) is 11.3 Å². The number of rotatable bonds is 3. The number of carbonyl (C=O) groups excluding carboxylic acids is 2. The van der Waals surface area contributed by atoms with Gasteiger partial charge in [0.1, 0.15) is 0 Å². The maximum absolute atomic E-state index is 12.3. The number of aliphatic imine (C=N–C) groups is 1. The molecule has 1 aromatic carbocycles. The standard InChI is InChI=1S/C14H15NO2/c16-10-15-13-9-5-4-8-12(13)14(17)11-6-2-1-3-7-11/h4-5,8-9,11H,1-3,6-7H2. The Morgan fingerprint density at radius 2 is 1.88 bits per heavy atom. The lowest BCUT2D eigenvalue weighted by molar-refractivity contribution is 0.0890. The Bertz CT molecular complexity index is 455.